The van der Waals surface area contributed by atoms with Gasteiger partial charge in [0, 0.05) is 55.2 Å². The Morgan fingerprint density at radius 1 is 0.418 bits per heavy atom. The number of hydrogen-bond donors (Lipinski definition) is 0. The predicted molar refractivity (Wildman–Crippen MR) is 229 cm³/mol. The Hall–Kier alpha value is -7.04. The summed E-state index contributed by atoms with van der Waals surface area (Å²) in [6.45, 7) is 4.72. The van der Waals surface area contributed by atoms with Crippen LogP contribution in [0.4, 0.5) is 17.1 Å². The van der Waals surface area contributed by atoms with Crippen molar-refractivity contribution in [3.8, 4) is 11.1 Å². The van der Waals surface area contributed by atoms with Gasteiger partial charge in [-0.25, -0.2) is 0 Å². The molecule has 4 heteroatoms. The number of hydrogen-bond acceptors (Lipinski definition) is 2. The molecule has 0 aliphatic heterocycles. The molecular formula is C51H33N3O. The number of furan rings is 1. The van der Waals surface area contributed by atoms with Crippen molar-refractivity contribution < 1.29 is 4.42 Å². The first-order valence-electron chi connectivity index (χ1n) is 19.1. The first-order chi connectivity index (χ1) is 27.1. The molecule has 4 aromatic heterocycles. The monoisotopic (exact) mass is 703 g/mol. The molecule has 0 radical (unpaired) electrons. The van der Waals surface area contributed by atoms with Crippen LogP contribution in [0.5, 0.6) is 0 Å². The van der Waals surface area contributed by atoms with Crippen LogP contribution in [0.25, 0.3) is 87.7 Å². The van der Waals surface area contributed by atoms with E-state index in [9.17, 15) is 0 Å². The normalized spacial score (nSPS) is 13.8. The lowest BCUT2D eigenvalue weighted by Gasteiger charge is -2.29. The molecule has 0 bridgehead atoms. The molecule has 0 atom stereocenters. The van der Waals surface area contributed by atoms with Crippen LogP contribution in [0.15, 0.2) is 168 Å². The van der Waals surface area contributed by atoms with E-state index in [0.717, 1.165) is 50.0 Å². The molecule has 4 heterocycles. The van der Waals surface area contributed by atoms with Crippen molar-refractivity contribution in [2.24, 2.45) is 0 Å². The molecule has 55 heavy (non-hydrogen) atoms. The molecule has 13 rings (SSSR count). The zero-order valence-electron chi connectivity index (χ0n) is 30.3. The number of para-hydroxylation sites is 4. The Morgan fingerprint density at radius 2 is 1.00 bits per heavy atom. The minimum absolute atomic E-state index is 0.149. The molecule has 0 fully saturated rings. The average molecular weight is 704 g/mol. The highest BCUT2D eigenvalue weighted by Crippen LogP contribution is 2.52. The van der Waals surface area contributed by atoms with Gasteiger partial charge in [-0.2, -0.15) is 0 Å². The first-order valence-corrected chi connectivity index (χ1v) is 19.1. The van der Waals surface area contributed by atoms with Gasteiger partial charge < -0.3 is 18.1 Å². The molecule has 258 valence electrons. The van der Waals surface area contributed by atoms with Crippen LogP contribution in [-0.4, -0.2) is 8.80 Å². The smallest absolute Gasteiger partial charge is 0.137 e. The van der Waals surface area contributed by atoms with Crippen molar-refractivity contribution >= 4 is 93.6 Å². The van der Waals surface area contributed by atoms with Gasteiger partial charge in [0.25, 0.3) is 0 Å². The number of fused-ring (bicyclic) bond motifs is 15. The van der Waals surface area contributed by atoms with Gasteiger partial charge >= 0.3 is 0 Å². The van der Waals surface area contributed by atoms with Gasteiger partial charge in [-0.05, 0) is 76.9 Å². The fourth-order valence-electron chi connectivity index (χ4n) is 10.2. The average Bonchev–Trinajstić information content (AvgIpc) is 3.94. The van der Waals surface area contributed by atoms with Crippen LogP contribution in [0.1, 0.15) is 25.0 Å². The van der Waals surface area contributed by atoms with Crippen LogP contribution < -0.4 is 4.90 Å². The third kappa shape index (κ3) is 3.62. The summed E-state index contributed by atoms with van der Waals surface area (Å²) in [5.74, 6) is 0. The van der Waals surface area contributed by atoms with Crippen molar-refractivity contribution in [1.29, 1.82) is 0 Å². The Morgan fingerprint density at radius 3 is 1.82 bits per heavy atom. The van der Waals surface area contributed by atoms with Gasteiger partial charge in [0.05, 0.1) is 38.8 Å². The largest absolute Gasteiger partial charge is 0.456 e. The van der Waals surface area contributed by atoms with Crippen molar-refractivity contribution in [3.63, 3.8) is 0 Å². The van der Waals surface area contributed by atoms with Crippen LogP contribution >= 0.6 is 0 Å². The number of anilines is 3. The second kappa shape index (κ2) is 10.1. The Bertz CT molecular complexity index is 3590. The van der Waals surface area contributed by atoms with E-state index in [0.29, 0.717) is 0 Å². The van der Waals surface area contributed by atoms with Crippen molar-refractivity contribution in [3.05, 3.63) is 175 Å². The van der Waals surface area contributed by atoms with Gasteiger partial charge in [0.2, 0.25) is 0 Å². The molecule has 0 N–H and O–H groups in total. The highest BCUT2D eigenvalue weighted by molar-refractivity contribution is 6.26. The topological polar surface area (TPSA) is 25.2 Å². The fraction of sp³-hybridized carbons (Fsp3) is 0.0588. The first kappa shape index (κ1) is 29.4. The van der Waals surface area contributed by atoms with Crippen molar-refractivity contribution in [2.45, 2.75) is 19.3 Å². The lowest BCUT2D eigenvalue weighted by molar-refractivity contribution is 0.660. The quantitative estimate of drug-likeness (QED) is 0.171. The zero-order chi connectivity index (χ0) is 36.2. The summed E-state index contributed by atoms with van der Waals surface area (Å²) < 4.78 is 11.6. The third-order valence-corrected chi connectivity index (χ3v) is 12.6. The summed E-state index contributed by atoms with van der Waals surface area (Å²) in [6, 6.07) is 60.2. The molecule has 1 aliphatic carbocycles. The van der Waals surface area contributed by atoms with Crippen molar-refractivity contribution in [1.82, 2.24) is 8.80 Å². The van der Waals surface area contributed by atoms with Crippen LogP contribution in [0.3, 0.4) is 0 Å². The molecule has 0 saturated carbocycles. The predicted octanol–water partition coefficient (Wildman–Crippen LogP) is 13.9. The van der Waals surface area contributed by atoms with Crippen LogP contribution in [-0.2, 0) is 5.41 Å². The number of rotatable bonds is 3. The van der Waals surface area contributed by atoms with Gasteiger partial charge in [-0.15, -0.1) is 0 Å². The van der Waals surface area contributed by atoms with E-state index in [4.69, 9.17) is 4.42 Å². The molecule has 0 saturated heterocycles. The Balaban J connectivity index is 1.19. The van der Waals surface area contributed by atoms with Gasteiger partial charge in [-0.1, -0.05) is 117 Å². The summed E-state index contributed by atoms with van der Waals surface area (Å²) in [7, 11) is 0. The van der Waals surface area contributed by atoms with Gasteiger partial charge in [0.1, 0.15) is 11.2 Å². The highest BCUT2D eigenvalue weighted by atomic mass is 16.3. The standard InChI is InChI=1S/C51H33N3O/c1-51(2)40-16-7-3-12-32(40)33-24-22-30(28-41(33)51)52(31-23-25-37-36-15-6-10-21-46(36)55-47(37)29-31)44-19-11-20-45-50(44)54-43-18-9-5-14-35(43)39-27-26-38-34-13-4-8-17-42(34)53(45)48(38)49(39)54/h3-29H,1-2H3. The second-order valence-corrected chi connectivity index (χ2v) is 15.7. The summed E-state index contributed by atoms with van der Waals surface area (Å²) in [5, 5.41) is 7.31. The van der Waals surface area contributed by atoms with Gasteiger partial charge in [-0.3, -0.25) is 0 Å². The molecule has 0 unspecified atom stereocenters. The minimum Gasteiger partial charge on any atom is -0.456 e. The second-order valence-electron chi connectivity index (χ2n) is 15.7. The number of aromatic nitrogens is 2. The molecule has 12 aromatic rings. The maximum Gasteiger partial charge on any atom is 0.137 e. The van der Waals surface area contributed by atoms with E-state index in [1.165, 1.54) is 65.9 Å². The lowest BCUT2D eigenvalue weighted by Crippen LogP contribution is -2.17. The molecule has 0 spiro atoms. The molecular weight excluding hydrogens is 671 g/mol. The summed E-state index contributed by atoms with van der Waals surface area (Å²) >= 11 is 0. The molecule has 0 amide bonds. The maximum atomic E-state index is 6.56. The summed E-state index contributed by atoms with van der Waals surface area (Å²) in [5.41, 5.74) is 17.4. The maximum absolute atomic E-state index is 6.56. The lowest BCUT2D eigenvalue weighted by atomic mass is 9.82. The van der Waals surface area contributed by atoms with E-state index >= 15 is 0 Å². The van der Waals surface area contributed by atoms with E-state index in [-0.39, 0.29) is 5.41 Å². The van der Waals surface area contributed by atoms with E-state index in [1.807, 2.05) is 6.07 Å². The Kier molecular flexibility index (Phi) is 5.42. The number of nitrogens with zero attached hydrogens (tertiary/aromatic N) is 3. The highest BCUT2D eigenvalue weighted by Gasteiger charge is 2.36. The van der Waals surface area contributed by atoms with Gasteiger partial charge in [0.15, 0.2) is 0 Å². The fourth-order valence-corrected chi connectivity index (χ4v) is 10.2. The minimum atomic E-state index is -0.149. The molecule has 1 aliphatic rings. The van der Waals surface area contributed by atoms with Crippen LogP contribution in [0.2, 0.25) is 0 Å². The Labute approximate surface area is 316 Å². The SMILES string of the molecule is CC1(C)c2ccccc2-c2ccc(N(c3ccc4c(c3)oc3ccccc34)c3cccc4c3n3c5ccccc5c5ccc6c7ccccc7n4c6c53)cc21. The molecule has 8 aromatic carbocycles. The van der Waals surface area contributed by atoms with E-state index in [2.05, 4.69) is 185 Å². The molecule has 4 nitrogen and oxygen atoms in total. The van der Waals surface area contributed by atoms with Crippen molar-refractivity contribution in [2.75, 3.05) is 4.90 Å². The number of benzene rings is 8. The third-order valence-electron chi connectivity index (χ3n) is 12.6. The van der Waals surface area contributed by atoms with Crippen LogP contribution in [0, 0.1) is 0 Å². The van der Waals surface area contributed by atoms with E-state index < -0.39 is 0 Å². The summed E-state index contributed by atoms with van der Waals surface area (Å²) in [6.07, 6.45) is 0. The summed E-state index contributed by atoms with van der Waals surface area (Å²) in [4.78, 5) is 2.46. The zero-order valence-corrected chi connectivity index (χ0v) is 30.3. The van der Waals surface area contributed by atoms with E-state index in [1.54, 1.807) is 0 Å².